The van der Waals surface area contributed by atoms with Crippen LogP contribution in [0.5, 0.6) is 0 Å². The van der Waals surface area contributed by atoms with E-state index in [1.165, 1.54) is 30.3 Å². The van der Waals surface area contributed by atoms with Gasteiger partial charge in [0, 0.05) is 12.1 Å². The zero-order valence-corrected chi connectivity index (χ0v) is 13.2. The maximum atomic E-state index is 12.2. The Balaban J connectivity index is 2.26. The number of sulfonamides is 1. The van der Waals surface area contributed by atoms with Crippen molar-refractivity contribution in [3.8, 4) is 0 Å². The van der Waals surface area contributed by atoms with E-state index >= 15 is 0 Å². The highest BCUT2D eigenvalue weighted by Gasteiger charge is 2.31. The normalized spacial score (nSPS) is 17.3. The first-order valence-electron chi connectivity index (χ1n) is 6.80. The fourth-order valence-corrected chi connectivity index (χ4v) is 3.70. The molecule has 1 saturated heterocycles. The van der Waals surface area contributed by atoms with Gasteiger partial charge in [0.2, 0.25) is 10.0 Å². The van der Waals surface area contributed by atoms with Gasteiger partial charge in [-0.15, -0.1) is 0 Å². The number of carboxylic acid groups (broad SMARTS) is 1. The number of rotatable bonds is 4. The van der Waals surface area contributed by atoms with Crippen LogP contribution in [0, 0.1) is 0 Å². The quantitative estimate of drug-likeness (QED) is 0.852. The summed E-state index contributed by atoms with van der Waals surface area (Å²) in [5, 5.41) is 11.4. The van der Waals surface area contributed by atoms with E-state index in [-0.39, 0.29) is 11.3 Å². The smallest absolute Gasteiger partial charge is 0.328 e. The van der Waals surface area contributed by atoms with Gasteiger partial charge in [0.1, 0.15) is 5.54 Å². The molecule has 2 N–H and O–H groups in total. The molecule has 2 rings (SSSR count). The Labute approximate surface area is 129 Å². The van der Waals surface area contributed by atoms with Crippen molar-refractivity contribution in [1.29, 1.82) is 0 Å². The molecule has 22 heavy (non-hydrogen) atoms. The molecule has 0 atom stereocenters. The topological polar surface area (TPSA) is 104 Å². The highest BCUT2D eigenvalue weighted by Crippen LogP contribution is 2.24. The average Bonchev–Trinajstić information content (AvgIpc) is 2.78. The summed E-state index contributed by atoms with van der Waals surface area (Å²) in [5.74, 6) is -1.62. The summed E-state index contributed by atoms with van der Waals surface area (Å²) in [6.45, 7) is 3.14. The number of hydrogen-bond acceptors (Lipinski definition) is 4. The molecule has 7 nitrogen and oxygen atoms in total. The van der Waals surface area contributed by atoms with Gasteiger partial charge in [0.25, 0.3) is 5.91 Å². The molecule has 1 amide bonds. The number of anilines is 1. The number of nitrogens with one attached hydrogen (secondary N) is 1. The van der Waals surface area contributed by atoms with Gasteiger partial charge in [0.05, 0.1) is 11.4 Å². The number of carbonyl (C=O) groups is 2. The minimum Gasteiger partial charge on any atom is -0.480 e. The molecule has 1 heterocycles. The summed E-state index contributed by atoms with van der Waals surface area (Å²) < 4.78 is 25.1. The maximum absolute atomic E-state index is 12.2. The number of carbonyl (C=O) groups excluding carboxylic acids is 1. The van der Waals surface area contributed by atoms with E-state index in [2.05, 4.69) is 5.32 Å². The van der Waals surface area contributed by atoms with Crippen molar-refractivity contribution in [1.82, 2.24) is 5.32 Å². The Bertz CT molecular complexity index is 712. The number of hydrogen-bond donors (Lipinski definition) is 2. The Morgan fingerprint density at radius 1 is 1.32 bits per heavy atom. The molecule has 0 bridgehead atoms. The fraction of sp³-hybridized carbons (Fsp3) is 0.429. The highest BCUT2D eigenvalue weighted by atomic mass is 32.2. The predicted molar refractivity (Wildman–Crippen MR) is 81.4 cm³/mol. The van der Waals surface area contributed by atoms with Crippen LogP contribution in [0.1, 0.15) is 30.6 Å². The first-order valence-corrected chi connectivity index (χ1v) is 8.41. The molecular weight excluding hydrogens is 308 g/mol. The minimum absolute atomic E-state index is 0.0927. The van der Waals surface area contributed by atoms with Crippen LogP contribution in [0.25, 0.3) is 0 Å². The monoisotopic (exact) mass is 326 g/mol. The van der Waals surface area contributed by atoms with Crippen molar-refractivity contribution >= 4 is 27.6 Å². The minimum atomic E-state index is -3.32. The second-order valence-corrected chi connectivity index (χ2v) is 7.69. The molecule has 0 spiro atoms. The Hall–Kier alpha value is -2.09. The second-order valence-electron chi connectivity index (χ2n) is 5.68. The zero-order chi connectivity index (χ0) is 16.5. The van der Waals surface area contributed by atoms with E-state index in [9.17, 15) is 18.0 Å². The van der Waals surface area contributed by atoms with Gasteiger partial charge in [0.15, 0.2) is 0 Å². The first-order chi connectivity index (χ1) is 10.1. The van der Waals surface area contributed by atoms with Crippen molar-refractivity contribution in [2.45, 2.75) is 25.8 Å². The van der Waals surface area contributed by atoms with E-state index in [0.717, 1.165) is 0 Å². The third kappa shape index (κ3) is 3.22. The van der Waals surface area contributed by atoms with Crippen LogP contribution >= 0.6 is 0 Å². The zero-order valence-electron chi connectivity index (χ0n) is 12.4. The van der Waals surface area contributed by atoms with Gasteiger partial charge in [-0.05, 0) is 38.5 Å². The number of nitrogens with zero attached hydrogens (tertiary/aromatic N) is 1. The molecule has 0 aliphatic carbocycles. The molecule has 1 aliphatic heterocycles. The van der Waals surface area contributed by atoms with Crippen molar-refractivity contribution in [3.05, 3.63) is 29.8 Å². The molecule has 1 aliphatic rings. The lowest BCUT2D eigenvalue weighted by atomic mass is 10.1. The van der Waals surface area contributed by atoms with Crippen molar-refractivity contribution in [3.63, 3.8) is 0 Å². The SMILES string of the molecule is CC(C)(NC(=O)c1cccc(N2CCCS2(=O)=O)c1)C(=O)O. The van der Waals surface area contributed by atoms with E-state index in [1.54, 1.807) is 12.1 Å². The van der Waals surface area contributed by atoms with Gasteiger partial charge in [-0.25, -0.2) is 13.2 Å². The molecule has 0 radical (unpaired) electrons. The standard InChI is InChI=1S/C14H18N2O5S/c1-14(2,13(18)19)15-12(17)10-5-3-6-11(9-10)16-7-4-8-22(16,20)21/h3,5-6,9H,4,7-8H2,1-2H3,(H,15,17)(H,18,19). The molecule has 0 saturated carbocycles. The number of benzene rings is 1. The van der Waals surface area contributed by atoms with E-state index in [0.29, 0.717) is 18.7 Å². The third-order valence-corrected chi connectivity index (χ3v) is 5.33. The molecule has 0 aromatic heterocycles. The summed E-state index contributed by atoms with van der Waals surface area (Å²) in [5.41, 5.74) is -0.778. The van der Waals surface area contributed by atoms with Gasteiger partial charge < -0.3 is 10.4 Å². The molecule has 1 aromatic carbocycles. The largest absolute Gasteiger partial charge is 0.480 e. The van der Waals surface area contributed by atoms with Crippen LogP contribution in [-0.2, 0) is 14.8 Å². The maximum Gasteiger partial charge on any atom is 0.328 e. The van der Waals surface area contributed by atoms with Crippen LogP contribution in [0.3, 0.4) is 0 Å². The molecule has 120 valence electrons. The molecule has 1 fully saturated rings. The fourth-order valence-electron chi connectivity index (χ4n) is 2.14. The average molecular weight is 326 g/mol. The number of amides is 1. The van der Waals surface area contributed by atoms with Gasteiger partial charge in [-0.1, -0.05) is 6.07 Å². The number of carboxylic acids is 1. The van der Waals surface area contributed by atoms with Gasteiger partial charge >= 0.3 is 5.97 Å². The third-order valence-electron chi connectivity index (χ3n) is 3.46. The molecule has 1 aromatic rings. The Morgan fingerprint density at radius 3 is 2.55 bits per heavy atom. The summed E-state index contributed by atoms with van der Waals surface area (Å²) in [7, 11) is -3.32. The van der Waals surface area contributed by atoms with Crippen LogP contribution < -0.4 is 9.62 Å². The summed E-state index contributed by atoms with van der Waals surface area (Å²) >= 11 is 0. The molecule has 8 heteroatoms. The Kier molecular flexibility index (Phi) is 4.15. The molecular formula is C14H18N2O5S. The van der Waals surface area contributed by atoms with E-state index in [1.807, 2.05) is 0 Å². The Morgan fingerprint density at radius 2 is 2.00 bits per heavy atom. The predicted octanol–water partition coefficient (Wildman–Crippen LogP) is 0.820. The summed E-state index contributed by atoms with van der Waals surface area (Å²) in [6, 6.07) is 6.16. The summed E-state index contributed by atoms with van der Waals surface area (Å²) in [4.78, 5) is 23.2. The highest BCUT2D eigenvalue weighted by molar-refractivity contribution is 7.93. The van der Waals surface area contributed by atoms with Gasteiger partial charge in [-0.3, -0.25) is 9.10 Å². The van der Waals surface area contributed by atoms with Crippen molar-refractivity contribution in [2.24, 2.45) is 0 Å². The van der Waals surface area contributed by atoms with E-state index < -0.39 is 27.4 Å². The van der Waals surface area contributed by atoms with Crippen LogP contribution in [-0.4, -0.2) is 43.2 Å². The van der Waals surface area contributed by atoms with Gasteiger partial charge in [-0.2, -0.15) is 0 Å². The van der Waals surface area contributed by atoms with Crippen molar-refractivity contribution < 1.29 is 23.1 Å². The second kappa shape index (κ2) is 5.60. The van der Waals surface area contributed by atoms with E-state index in [4.69, 9.17) is 5.11 Å². The lowest BCUT2D eigenvalue weighted by Gasteiger charge is -2.22. The van der Waals surface area contributed by atoms with Crippen LogP contribution in [0.4, 0.5) is 5.69 Å². The first kappa shape index (κ1) is 16.3. The lowest BCUT2D eigenvalue weighted by molar-refractivity contribution is -0.143. The van der Waals surface area contributed by atoms with Crippen LogP contribution in [0.15, 0.2) is 24.3 Å². The lowest BCUT2D eigenvalue weighted by Crippen LogP contribution is -2.49. The number of aliphatic carboxylic acids is 1. The summed E-state index contributed by atoms with van der Waals surface area (Å²) in [6.07, 6.45) is 0.546. The van der Waals surface area contributed by atoms with Crippen LogP contribution in [0.2, 0.25) is 0 Å². The molecule has 0 unspecified atom stereocenters. The van der Waals surface area contributed by atoms with Crippen molar-refractivity contribution in [2.75, 3.05) is 16.6 Å².